The van der Waals surface area contributed by atoms with Gasteiger partial charge < -0.3 is 19.7 Å². The Balaban J connectivity index is 1.75. The second-order valence-corrected chi connectivity index (χ2v) is 9.05. The van der Waals surface area contributed by atoms with Crippen molar-refractivity contribution in [1.82, 2.24) is 30.0 Å². The number of urea groups is 1. The van der Waals surface area contributed by atoms with Crippen LogP contribution in [0.15, 0.2) is 42.6 Å². The average Bonchev–Trinajstić information content (AvgIpc) is 3.37. The van der Waals surface area contributed by atoms with Gasteiger partial charge in [-0.25, -0.2) is 9.31 Å². The molecular formula is C26H31F3N6O3. The number of hydrogen-bond donors (Lipinski definition) is 1. The van der Waals surface area contributed by atoms with Crippen LogP contribution in [0, 0.1) is 0 Å². The maximum Gasteiger partial charge on any atom is 0.389 e. The first-order valence-corrected chi connectivity index (χ1v) is 12.5. The first-order valence-electron chi connectivity index (χ1n) is 12.5. The highest BCUT2D eigenvalue weighted by Gasteiger charge is 2.30. The minimum Gasteiger partial charge on any atom is -0.479 e. The van der Waals surface area contributed by atoms with Gasteiger partial charge in [-0.1, -0.05) is 12.2 Å². The number of carbonyl (C=O) groups is 1. The highest BCUT2D eigenvalue weighted by molar-refractivity contribution is 5.76. The summed E-state index contributed by atoms with van der Waals surface area (Å²) in [5, 5.41) is 15.7. The molecule has 0 saturated heterocycles. The second kappa shape index (κ2) is 11.7. The molecular weight excluding hydrogens is 501 g/mol. The number of nitrogens with one attached hydrogen (secondary N) is 1. The molecule has 204 valence electrons. The van der Waals surface area contributed by atoms with Gasteiger partial charge in [0.25, 0.3) is 0 Å². The molecule has 1 unspecified atom stereocenters. The summed E-state index contributed by atoms with van der Waals surface area (Å²) < 4.78 is 52.0. The van der Waals surface area contributed by atoms with Crippen molar-refractivity contribution < 1.29 is 27.4 Å². The quantitative estimate of drug-likeness (QED) is 0.457. The van der Waals surface area contributed by atoms with Crippen LogP contribution in [-0.2, 0) is 0 Å². The third-order valence-corrected chi connectivity index (χ3v) is 6.47. The van der Waals surface area contributed by atoms with Gasteiger partial charge in [0, 0.05) is 30.6 Å². The van der Waals surface area contributed by atoms with Crippen LogP contribution in [0.1, 0.15) is 51.3 Å². The van der Waals surface area contributed by atoms with Crippen molar-refractivity contribution in [2.45, 2.75) is 57.8 Å². The molecule has 3 aromatic rings. The van der Waals surface area contributed by atoms with Crippen LogP contribution < -0.4 is 14.8 Å². The number of alkyl halides is 3. The summed E-state index contributed by atoms with van der Waals surface area (Å²) >= 11 is 0. The topological polar surface area (TPSA) is 93.9 Å². The van der Waals surface area contributed by atoms with Gasteiger partial charge in [0.05, 0.1) is 37.2 Å². The van der Waals surface area contributed by atoms with Crippen LogP contribution in [0.4, 0.5) is 18.0 Å². The predicted octanol–water partition coefficient (Wildman–Crippen LogP) is 5.33. The lowest BCUT2D eigenvalue weighted by atomic mass is 10.0. The van der Waals surface area contributed by atoms with E-state index in [1.165, 1.54) is 12.0 Å². The number of pyridine rings is 1. The number of ether oxygens (including phenoxy) is 2. The van der Waals surface area contributed by atoms with Gasteiger partial charge in [-0.2, -0.15) is 18.3 Å². The van der Waals surface area contributed by atoms with Gasteiger partial charge in [0.1, 0.15) is 0 Å². The van der Waals surface area contributed by atoms with Crippen LogP contribution in [-0.4, -0.2) is 63.2 Å². The molecule has 4 bridgehead atoms. The lowest BCUT2D eigenvalue weighted by molar-refractivity contribution is -0.136. The van der Waals surface area contributed by atoms with Crippen molar-refractivity contribution in [2.75, 3.05) is 20.3 Å². The van der Waals surface area contributed by atoms with Crippen LogP contribution in [0.5, 0.6) is 11.8 Å². The fourth-order valence-electron chi connectivity index (χ4n) is 4.43. The molecule has 1 aliphatic rings. The summed E-state index contributed by atoms with van der Waals surface area (Å²) in [5.74, 6) is 0.820. The minimum absolute atomic E-state index is 0.225. The minimum atomic E-state index is -4.31. The Bertz CT molecular complexity index is 1290. The Morgan fingerprint density at radius 3 is 2.76 bits per heavy atom. The van der Waals surface area contributed by atoms with Crippen LogP contribution in [0.3, 0.4) is 0 Å². The summed E-state index contributed by atoms with van der Waals surface area (Å²) in [6.45, 7) is 4.25. The number of hydrogen-bond acceptors (Lipinski definition) is 6. The van der Waals surface area contributed by atoms with E-state index >= 15 is 0 Å². The summed E-state index contributed by atoms with van der Waals surface area (Å²) in [6.07, 6.45) is 0.558. The molecule has 4 rings (SSSR count). The van der Waals surface area contributed by atoms with E-state index in [4.69, 9.17) is 9.47 Å². The fourth-order valence-corrected chi connectivity index (χ4v) is 4.43. The third-order valence-electron chi connectivity index (χ3n) is 6.47. The lowest BCUT2D eigenvalue weighted by Crippen LogP contribution is -2.46. The number of aromatic nitrogens is 4. The van der Waals surface area contributed by atoms with Gasteiger partial charge in [-0.3, -0.25) is 0 Å². The van der Waals surface area contributed by atoms with E-state index in [9.17, 15) is 18.0 Å². The van der Waals surface area contributed by atoms with E-state index in [1.54, 1.807) is 36.7 Å². The first-order chi connectivity index (χ1) is 18.2. The van der Waals surface area contributed by atoms with Crippen LogP contribution in [0.2, 0.25) is 0 Å². The Morgan fingerprint density at radius 2 is 2.03 bits per heavy atom. The number of nitrogens with zero attached hydrogens (tertiary/aromatic N) is 5. The zero-order chi connectivity index (χ0) is 27.3. The van der Waals surface area contributed by atoms with E-state index in [2.05, 4.69) is 20.6 Å². The number of fused-ring (bicyclic) bond motifs is 7. The van der Waals surface area contributed by atoms with Crippen molar-refractivity contribution >= 4 is 11.5 Å². The number of rotatable bonds is 4. The van der Waals surface area contributed by atoms with E-state index in [1.807, 2.05) is 24.3 Å². The number of methoxy groups -OCH3 is 1. The van der Waals surface area contributed by atoms with Crippen molar-refractivity contribution in [3.8, 4) is 22.9 Å². The first kappa shape index (κ1) is 27.2. The number of halogens is 3. The second-order valence-electron chi connectivity index (χ2n) is 9.05. The molecule has 9 nitrogen and oxygen atoms in total. The van der Waals surface area contributed by atoms with Gasteiger partial charge in [-0.15, -0.1) is 10.2 Å². The molecule has 0 spiro atoms. The highest BCUT2D eigenvalue weighted by Crippen LogP contribution is 2.34. The largest absolute Gasteiger partial charge is 0.479 e. The molecule has 12 heteroatoms. The van der Waals surface area contributed by atoms with Gasteiger partial charge in [0.15, 0.2) is 0 Å². The molecule has 1 aliphatic heterocycles. The van der Waals surface area contributed by atoms with Crippen molar-refractivity contribution in [1.29, 1.82) is 0 Å². The lowest BCUT2D eigenvalue weighted by Gasteiger charge is -2.30. The molecule has 0 aromatic carbocycles. The Hall–Kier alpha value is -3.83. The summed E-state index contributed by atoms with van der Waals surface area (Å²) in [6, 6.07) is 5.77. The smallest absolute Gasteiger partial charge is 0.389 e. The van der Waals surface area contributed by atoms with Crippen molar-refractivity contribution in [3.63, 3.8) is 0 Å². The molecule has 0 aliphatic carbocycles. The Kier molecular flexibility index (Phi) is 8.38. The summed E-state index contributed by atoms with van der Waals surface area (Å²) in [5.41, 5.74) is 2.74. The maximum atomic E-state index is 13.2. The average molecular weight is 533 g/mol. The van der Waals surface area contributed by atoms with E-state index in [0.29, 0.717) is 42.6 Å². The van der Waals surface area contributed by atoms with Crippen LogP contribution in [0.25, 0.3) is 16.6 Å². The Morgan fingerprint density at radius 1 is 1.21 bits per heavy atom. The summed E-state index contributed by atoms with van der Waals surface area (Å²) in [7, 11) is 1.50. The molecule has 1 N–H and O–H groups in total. The van der Waals surface area contributed by atoms with Crippen LogP contribution >= 0.6 is 0 Å². The van der Waals surface area contributed by atoms with Gasteiger partial charge in [0.2, 0.25) is 11.8 Å². The zero-order valence-electron chi connectivity index (χ0n) is 21.5. The molecule has 38 heavy (non-hydrogen) atoms. The SMILES string of the molecule is CCN1C(=O)N[C@@H](CCC(F)(F)F)C/C=C/CCOc2cc(cc3ccnn23)-c2cc(nnc2OC)C1C. The maximum absolute atomic E-state index is 13.2. The molecule has 0 fully saturated rings. The normalized spacial score (nSPS) is 19.9. The molecule has 2 atom stereocenters. The van der Waals surface area contributed by atoms with E-state index in [0.717, 1.165) is 11.1 Å². The monoisotopic (exact) mass is 532 g/mol. The van der Waals surface area contributed by atoms with Crippen molar-refractivity contribution in [3.05, 3.63) is 48.3 Å². The van der Waals surface area contributed by atoms with E-state index in [-0.39, 0.29) is 12.8 Å². The molecule has 2 amide bonds. The molecule has 3 aromatic heterocycles. The zero-order valence-corrected chi connectivity index (χ0v) is 21.5. The predicted molar refractivity (Wildman–Crippen MR) is 135 cm³/mol. The Labute approximate surface area is 218 Å². The highest BCUT2D eigenvalue weighted by atomic mass is 19.4. The number of amides is 2. The third kappa shape index (κ3) is 6.35. The molecule has 4 heterocycles. The number of carbonyl (C=O) groups excluding carboxylic acids is 1. The van der Waals surface area contributed by atoms with Gasteiger partial charge in [-0.05, 0) is 56.9 Å². The fraction of sp³-hybridized carbons (Fsp3) is 0.462. The van der Waals surface area contributed by atoms with Gasteiger partial charge >= 0.3 is 12.2 Å². The summed E-state index contributed by atoms with van der Waals surface area (Å²) in [4.78, 5) is 14.7. The van der Waals surface area contributed by atoms with Crippen molar-refractivity contribution in [2.24, 2.45) is 0 Å². The molecule has 0 radical (unpaired) electrons. The van der Waals surface area contributed by atoms with E-state index < -0.39 is 30.7 Å². The molecule has 0 saturated carbocycles. The standard InChI is InChI=1S/C26H31F3N6O3/c1-4-34-17(2)22-16-21(24(37-3)33-32-22)18-14-20-10-12-30-35(20)23(15-18)38-13-7-5-6-8-19(31-25(34)36)9-11-26(27,28)29/h5-6,10,12,14-17,19H,4,7-9,11,13H2,1-3H3,(H,31,36)/b6-5+/t17?,19-/m1/s1.